The molecular weight excluding hydrogens is 250 g/mol. The summed E-state index contributed by atoms with van der Waals surface area (Å²) < 4.78 is 2.02. The fraction of sp³-hybridized carbons (Fsp3) is 0.800. The highest BCUT2D eigenvalue weighted by molar-refractivity contribution is 5.50. The van der Waals surface area contributed by atoms with Gasteiger partial charge in [0.25, 0.3) is 0 Å². The Balaban J connectivity index is 2.22. The molecule has 114 valence electrons. The Morgan fingerprint density at radius 2 is 1.95 bits per heavy atom. The molecule has 1 heterocycles. The number of aryl methyl sites for hydroxylation is 2. The van der Waals surface area contributed by atoms with Crippen LogP contribution >= 0.6 is 0 Å². The summed E-state index contributed by atoms with van der Waals surface area (Å²) >= 11 is 0. The van der Waals surface area contributed by atoms with Gasteiger partial charge in [0, 0.05) is 38.3 Å². The number of nitrogens with one attached hydrogen (secondary N) is 1. The molecule has 1 aromatic heterocycles. The number of nitrogens with zero attached hydrogens (tertiary/aromatic N) is 4. The molecule has 0 aliphatic heterocycles. The lowest BCUT2D eigenvalue weighted by atomic mass is 9.75. The first kappa shape index (κ1) is 15.3. The van der Waals surface area contributed by atoms with Crippen LogP contribution in [0.2, 0.25) is 0 Å². The summed E-state index contributed by atoms with van der Waals surface area (Å²) in [6, 6.07) is 0. The first-order valence-corrected chi connectivity index (χ1v) is 7.47. The smallest absolute Gasteiger partial charge is 0.131 e. The maximum Gasteiger partial charge on any atom is 0.131 e. The van der Waals surface area contributed by atoms with E-state index in [9.17, 15) is 0 Å². The molecule has 0 bridgehead atoms. The summed E-state index contributed by atoms with van der Waals surface area (Å²) in [6.07, 6.45) is 3.94. The minimum Gasteiger partial charge on any atom is -0.358 e. The zero-order valence-electron chi connectivity index (χ0n) is 13.8. The van der Waals surface area contributed by atoms with E-state index in [1.807, 2.05) is 18.8 Å². The topological polar surface area (TPSA) is 36.3 Å². The van der Waals surface area contributed by atoms with Crippen molar-refractivity contribution in [1.29, 1.82) is 0 Å². The zero-order valence-corrected chi connectivity index (χ0v) is 13.8. The summed E-state index contributed by atoms with van der Waals surface area (Å²) in [6.45, 7) is 4.03. The van der Waals surface area contributed by atoms with Crippen LogP contribution in [0.1, 0.15) is 30.5 Å². The Labute approximate surface area is 122 Å². The molecule has 1 fully saturated rings. The number of anilines is 1. The summed E-state index contributed by atoms with van der Waals surface area (Å²) in [7, 11) is 10.6. The standard InChI is InChI=1S/C15H29N5/c1-12-13(10-16-2)14(20(6)17-12)19(5)11-15(18(3)4)8-7-9-15/h16H,7-11H2,1-6H3. The van der Waals surface area contributed by atoms with Crippen LogP contribution in [0.15, 0.2) is 0 Å². The Bertz CT molecular complexity index is 459. The van der Waals surface area contributed by atoms with Crippen LogP contribution in [0.4, 0.5) is 5.82 Å². The van der Waals surface area contributed by atoms with Crippen LogP contribution in [0, 0.1) is 6.92 Å². The Hall–Kier alpha value is -1.07. The van der Waals surface area contributed by atoms with Gasteiger partial charge in [-0.3, -0.25) is 4.68 Å². The molecule has 2 rings (SSSR count). The molecule has 1 saturated carbocycles. The molecule has 0 unspecified atom stereocenters. The van der Waals surface area contributed by atoms with Gasteiger partial charge in [0.1, 0.15) is 5.82 Å². The van der Waals surface area contributed by atoms with Crippen LogP contribution in [0.3, 0.4) is 0 Å². The van der Waals surface area contributed by atoms with E-state index in [2.05, 4.69) is 48.3 Å². The SMILES string of the molecule is CNCc1c(C)nn(C)c1N(C)CC1(N(C)C)CCC1. The second-order valence-corrected chi connectivity index (χ2v) is 6.37. The second-order valence-electron chi connectivity index (χ2n) is 6.37. The predicted octanol–water partition coefficient (Wildman–Crippen LogP) is 1.37. The Kier molecular flexibility index (Phi) is 4.39. The van der Waals surface area contributed by atoms with Crippen LogP contribution < -0.4 is 10.2 Å². The molecule has 1 N–H and O–H groups in total. The fourth-order valence-electron chi connectivity index (χ4n) is 3.40. The van der Waals surface area contributed by atoms with Gasteiger partial charge in [0.2, 0.25) is 0 Å². The van der Waals surface area contributed by atoms with Gasteiger partial charge in [-0.25, -0.2) is 0 Å². The highest BCUT2D eigenvalue weighted by Crippen LogP contribution is 2.38. The average molecular weight is 279 g/mol. The third kappa shape index (κ3) is 2.56. The largest absolute Gasteiger partial charge is 0.358 e. The predicted molar refractivity (Wildman–Crippen MR) is 84.2 cm³/mol. The van der Waals surface area contributed by atoms with E-state index in [4.69, 9.17) is 0 Å². The van der Waals surface area contributed by atoms with Gasteiger partial charge in [0.05, 0.1) is 5.69 Å². The summed E-state index contributed by atoms with van der Waals surface area (Å²) in [5.74, 6) is 1.24. The lowest BCUT2D eigenvalue weighted by Crippen LogP contribution is -2.57. The molecule has 5 heteroatoms. The Morgan fingerprint density at radius 1 is 1.30 bits per heavy atom. The second kappa shape index (κ2) is 5.74. The highest BCUT2D eigenvalue weighted by atomic mass is 15.4. The number of hydrogen-bond donors (Lipinski definition) is 1. The first-order valence-electron chi connectivity index (χ1n) is 7.47. The van der Waals surface area contributed by atoms with E-state index in [1.165, 1.54) is 30.6 Å². The number of aromatic nitrogens is 2. The molecule has 0 atom stereocenters. The summed E-state index contributed by atoms with van der Waals surface area (Å²) in [5.41, 5.74) is 2.77. The summed E-state index contributed by atoms with van der Waals surface area (Å²) in [4.78, 5) is 4.78. The van der Waals surface area contributed by atoms with Crippen molar-refractivity contribution in [2.75, 3.05) is 39.6 Å². The zero-order chi connectivity index (χ0) is 14.9. The van der Waals surface area contributed by atoms with Gasteiger partial charge in [-0.05, 0) is 47.3 Å². The maximum absolute atomic E-state index is 4.59. The summed E-state index contributed by atoms with van der Waals surface area (Å²) in [5, 5.41) is 7.85. The van der Waals surface area contributed by atoms with Crippen molar-refractivity contribution < 1.29 is 0 Å². The van der Waals surface area contributed by atoms with Gasteiger partial charge in [-0.2, -0.15) is 5.10 Å². The van der Waals surface area contributed by atoms with E-state index in [0.29, 0.717) is 5.54 Å². The van der Waals surface area contributed by atoms with Gasteiger partial charge in [-0.1, -0.05) is 0 Å². The number of rotatable bonds is 6. The van der Waals surface area contributed by atoms with Gasteiger partial charge >= 0.3 is 0 Å². The molecule has 20 heavy (non-hydrogen) atoms. The van der Waals surface area contributed by atoms with Crippen LogP contribution in [0.5, 0.6) is 0 Å². The van der Waals surface area contributed by atoms with Gasteiger partial charge in [0.15, 0.2) is 0 Å². The third-order valence-corrected chi connectivity index (χ3v) is 4.79. The molecule has 1 aliphatic carbocycles. The highest BCUT2D eigenvalue weighted by Gasteiger charge is 2.40. The molecule has 1 aliphatic rings. The van der Waals surface area contributed by atoms with Crippen molar-refractivity contribution >= 4 is 5.82 Å². The molecule has 1 aromatic rings. The van der Waals surface area contributed by atoms with E-state index in [-0.39, 0.29) is 0 Å². The normalized spacial score (nSPS) is 17.4. The quantitative estimate of drug-likeness (QED) is 0.853. The number of likely N-dealkylation sites (N-methyl/N-ethyl adjacent to an activating group) is 2. The van der Waals surface area contributed by atoms with Crippen LogP contribution in [-0.4, -0.2) is 55.0 Å². The minimum absolute atomic E-state index is 0.337. The third-order valence-electron chi connectivity index (χ3n) is 4.79. The lowest BCUT2D eigenvalue weighted by molar-refractivity contribution is 0.0680. The van der Waals surface area contributed by atoms with Crippen molar-refractivity contribution in [3.05, 3.63) is 11.3 Å². The van der Waals surface area contributed by atoms with Crippen molar-refractivity contribution in [3.63, 3.8) is 0 Å². The van der Waals surface area contributed by atoms with E-state index in [0.717, 1.165) is 18.8 Å². The number of hydrogen-bond acceptors (Lipinski definition) is 4. The van der Waals surface area contributed by atoms with E-state index in [1.54, 1.807) is 0 Å². The van der Waals surface area contributed by atoms with Crippen LogP contribution in [-0.2, 0) is 13.6 Å². The fourth-order valence-corrected chi connectivity index (χ4v) is 3.40. The molecule has 0 saturated heterocycles. The monoisotopic (exact) mass is 279 g/mol. The molecule has 5 nitrogen and oxygen atoms in total. The van der Waals surface area contributed by atoms with Gasteiger partial charge in [-0.15, -0.1) is 0 Å². The van der Waals surface area contributed by atoms with Gasteiger partial charge < -0.3 is 15.1 Å². The van der Waals surface area contributed by atoms with Crippen molar-refractivity contribution in [1.82, 2.24) is 20.0 Å². The Morgan fingerprint density at radius 3 is 2.40 bits per heavy atom. The van der Waals surface area contributed by atoms with Crippen molar-refractivity contribution in [2.24, 2.45) is 7.05 Å². The molecule has 0 radical (unpaired) electrons. The molecular formula is C15H29N5. The lowest BCUT2D eigenvalue weighted by Gasteiger charge is -2.49. The molecule has 0 spiro atoms. The van der Waals surface area contributed by atoms with E-state index < -0.39 is 0 Å². The average Bonchev–Trinajstić information content (AvgIpc) is 2.59. The van der Waals surface area contributed by atoms with Crippen molar-refractivity contribution in [3.8, 4) is 0 Å². The first-order chi connectivity index (χ1) is 9.41. The maximum atomic E-state index is 4.59. The minimum atomic E-state index is 0.337. The molecule has 0 amide bonds. The molecule has 0 aromatic carbocycles. The van der Waals surface area contributed by atoms with Crippen LogP contribution in [0.25, 0.3) is 0 Å². The van der Waals surface area contributed by atoms with E-state index >= 15 is 0 Å². The van der Waals surface area contributed by atoms with Crippen molar-refractivity contribution in [2.45, 2.75) is 38.3 Å².